The fraction of sp³-hybridized carbons (Fsp3) is 0.286. The van der Waals surface area contributed by atoms with Gasteiger partial charge in [-0.25, -0.2) is 4.79 Å². The molecule has 0 fully saturated rings. The summed E-state index contributed by atoms with van der Waals surface area (Å²) in [7, 11) is 1.27. The minimum atomic E-state index is -0.779. The number of aliphatic hydroxyl groups is 1. The second kappa shape index (κ2) is 4.76. The molecule has 0 aromatic carbocycles. The summed E-state index contributed by atoms with van der Waals surface area (Å²) in [4.78, 5) is 10.4. The van der Waals surface area contributed by atoms with Crippen molar-refractivity contribution in [3.63, 3.8) is 0 Å². The summed E-state index contributed by atoms with van der Waals surface area (Å²) in [6, 6.07) is 0. The van der Waals surface area contributed by atoms with Crippen LogP contribution in [0, 0.1) is 0 Å². The monoisotopic (exact) mass is 142 g/mol. The molecule has 0 aliphatic rings. The summed E-state index contributed by atoms with van der Waals surface area (Å²) >= 11 is 0. The second-order valence-corrected chi connectivity index (χ2v) is 1.61. The lowest BCUT2D eigenvalue weighted by atomic mass is 10.3. The Morgan fingerprint density at radius 1 is 1.80 bits per heavy atom. The van der Waals surface area contributed by atoms with Gasteiger partial charge in [0.2, 0.25) is 0 Å². The van der Waals surface area contributed by atoms with Crippen LogP contribution in [0.4, 0.5) is 0 Å². The van der Waals surface area contributed by atoms with E-state index in [9.17, 15) is 4.79 Å². The van der Waals surface area contributed by atoms with Crippen LogP contribution in [0.3, 0.4) is 0 Å². The van der Waals surface area contributed by atoms with E-state index in [0.717, 1.165) is 6.08 Å². The fourth-order valence-electron chi connectivity index (χ4n) is 0.324. The van der Waals surface area contributed by atoms with Crippen molar-refractivity contribution in [3.8, 4) is 0 Å². The molecule has 3 nitrogen and oxygen atoms in total. The number of aliphatic hydroxyl groups excluding tert-OH is 1. The lowest BCUT2D eigenvalue weighted by molar-refractivity contribution is -0.134. The van der Waals surface area contributed by atoms with E-state index in [1.165, 1.54) is 19.3 Å². The first-order chi connectivity index (χ1) is 4.70. The molecule has 0 saturated carbocycles. The molecule has 10 heavy (non-hydrogen) atoms. The molecule has 0 aromatic rings. The van der Waals surface area contributed by atoms with Crippen LogP contribution in [0.1, 0.15) is 0 Å². The first kappa shape index (κ1) is 8.91. The molecule has 0 aliphatic carbocycles. The number of hydrogen-bond donors (Lipinski definition) is 1. The summed E-state index contributed by atoms with van der Waals surface area (Å²) in [6.45, 7) is 3.31. The highest BCUT2D eigenvalue weighted by Crippen LogP contribution is 1.86. The Hall–Kier alpha value is -1.09. The van der Waals surface area contributed by atoms with E-state index in [0.29, 0.717) is 0 Å². The Balaban J connectivity index is 3.74. The van der Waals surface area contributed by atoms with Crippen molar-refractivity contribution < 1.29 is 14.6 Å². The Labute approximate surface area is 59.6 Å². The number of esters is 1. The molecule has 0 amide bonds. The highest BCUT2D eigenvalue weighted by Gasteiger charge is 1.93. The molecule has 0 spiro atoms. The van der Waals surface area contributed by atoms with Gasteiger partial charge < -0.3 is 9.84 Å². The minimum absolute atomic E-state index is 0.485. The van der Waals surface area contributed by atoms with Gasteiger partial charge in [-0.15, -0.1) is 6.58 Å². The quantitative estimate of drug-likeness (QED) is 0.349. The third kappa shape index (κ3) is 3.86. The molecule has 0 radical (unpaired) electrons. The Kier molecular flexibility index (Phi) is 4.24. The van der Waals surface area contributed by atoms with Gasteiger partial charge in [0.15, 0.2) is 0 Å². The van der Waals surface area contributed by atoms with E-state index in [1.807, 2.05) is 0 Å². The van der Waals surface area contributed by atoms with Gasteiger partial charge in [0, 0.05) is 6.08 Å². The van der Waals surface area contributed by atoms with E-state index in [1.54, 1.807) is 0 Å². The predicted octanol–water partition coefficient (Wildman–Crippen LogP) is 0.262. The summed E-state index contributed by atoms with van der Waals surface area (Å²) in [5, 5.41) is 8.79. The van der Waals surface area contributed by atoms with Crippen molar-refractivity contribution in [3.05, 3.63) is 24.8 Å². The van der Waals surface area contributed by atoms with Gasteiger partial charge in [0.05, 0.1) is 13.2 Å². The summed E-state index contributed by atoms with van der Waals surface area (Å²) in [5.41, 5.74) is 0. The van der Waals surface area contributed by atoms with Crippen molar-refractivity contribution in [1.82, 2.24) is 0 Å². The van der Waals surface area contributed by atoms with Crippen LogP contribution in [0.25, 0.3) is 0 Å². The lowest BCUT2D eigenvalue weighted by Crippen LogP contribution is -1.99. The molecule has 56 valence electrons. The van der Waals surface area contributed by atoms with Gasteiger partial charge in [-0.1, -0.05) is 6.08 Å². The van der Waals surface area contributed by atoms with Gasteiger partial charge in [-0.2, -0.15) is 0 Å². The van der Waals surface area contributed by atoms with Crippen molar-refractivity contribution in [2.75, 3.05) is 7.11 Å². The molecule has 0 saturated heterocycles. The van der Waals surface area contributed by atoms with E-state index in [4.69, 9.17) is 5.11 Å². The van der Waals surface area contributed by atoms with Gasteiger partial charge in [0.25, 0.3) is 0 Å². The van der Waals surface area contributed by atoms with Crippen LogP contribution < -0.4 is 0 Å². The van der Waals surface area contributed by atoms with E-state index in [2.05, 4.69) is 11.3 Å². The van der Waals surface area contributed by atoms with Crippen molar-refractivity contribution in [2.24, 2.45) is 0 Å². The molecule has 0 unspecified atom stereocenters. The zero-order valence-electron chi connectivity index (χ0n) is 5.78. The second-order valence-electron chi connectivity index (χ2n) is 1.61. The van der Waals surface area contributed by atoms with E-state index < -0.39 is 12.1 Å². The highest BCUT2D eigenvalue weighted by molar-refractivity contribution is 5.81. The predicted molar refractivity (Wildman–Crippen MR) is 37.4 cm³/mol. The zero-order chi connectivity index (χ0) is 7.98. The number of hydrogen-bond acceptors (Lipinski definition) is 3. The largest absolute Gasteiger partial charge is 0.466 e. The molecule has 1 atom stereocenters. The topological polar surface area (TPSA) is 46.5 Å². The molecule has 0 bridgehead atoms. The lowest BCUT2D eigenvalue weighted by Gasteiger charge is -1.93. The normalized spacial score (nSPS) is 13.0. The Morgan fingerprint density at radius 3 is 2.80 bits per heavy atom. The first-order valence-corrected chi connectivity index (χ1v) is 2.77. The molecular formula is C7H10O3. The van der Waals surface area contributed by atoms with Crippen LogP contribution in [0.5, 0.6) is 0 Å². The van der Waals surface area contributed by atoms with Crippen LogP contribution in [0.2, 0.25) is 0 Å². The van der Waals surface area contributed by atoms with Crippen LogP contribution in [-0.4, -0.2) is 24.3 Å². The molecule has 0 aliphatic heterocycles. The number of carbonyl (C=O) groups excluding carboxylic acids is 1. The van der Waals surface area contributed by atoms with Gasteiger partial charge in [-0.3, -0.25) is 0 Å². The number of ether oxygens (including phenoxy) is 1. The maximum absolute atomic E-state index is 10.4. The van der Waals surface area contributed by atoms with Gasteiger partial charge in [0.1, 0.15) is 0 Å². The Bertz CT molecular complexity index is 149. The third-order valence-electron chi connectivity index (χ3n) is 0.872. The number of methoxy groups -OCH3 is 1. The smallest absolute Gasteiger partial charge is 0.330 e. The molecule has 0 rings (SSSR count). The molecule has 3 heteroatoms. The number of rotatable bonds is 3. The van der Waals surface area contributed by atoms with Crippen LogP contribution in [-0.2, 0) is 9.53 Å². The van der Waals surface area contributed by atoms with E-state index >= 15 is 0 Å². The zero-order valence-corrected chi connectivity index (χ0v) is 5.78. The Morgan fingerprint density at radius 2 is 2.40 bits per heavy atom. The maximum Gasteiger partial charge on any atom is 0.330 e. The third-order valence-corrected chi connectivity index (χ3v) is 0.872. The minimum Gasteiger partial charge on any atom is -0.466 e. The molecular weight excluding hydrogens is 132 g/mol. The van der Waals surface area contributed by atoms with Gasteiger partial charge in [-0.05, 0) is 6.08 Å². The number of carbonyl (C=O) groups is 1. The van der Waals surface area contributed by atoms with Crippen molar-refractivity contribution >= 4 is 5.97 Å². The SMILES string of the molecule is C=C[C@H](O)/C=C/C(=O)OC. The maximum atomic E-state index is 10.4. The first-order valence-electron chi connectivity index (χ1n) is 2.77. The summed E-state index contributed by atoms with van der Waals surface area (Å²) in [6.07, 6.45) is 2.96. The molecule has 0 heterocycles. The highest BCUT2D eigenvalue weighted by atomic mass is 16.5. The fourth-order valence-corrected chi connectivity index (χ4v) is 0.324. The van der Waals surface area contributed by atoms with Crippen LogP contribution in [0.15, 0.2) is 24.8 Å². The van der Waals surface area contributed by atoms with Gasteiger partial charge >= 0.3 is 5.97 Å². The average molecular weight is 142 g/mol. The van der Waals surface area contributed by atoms with Crippen LogP contribution >= 0.6 is 0 Å². The summed E-state index contributed by atoms with van der Waals surface area (Å²) < 4.78 is 4.27. The molecule has 1 N–H and O–H groups in total. The van der Waals surface area contributed by atoms with Crippen molar-refractivity contribution in [1.29, 1.82) is 0 Å². The van der Waals surface area contributed by atoms with E-state index in [-0.39, 0.29) is 0 Å². The summed E-state index contributed by atoms with van der Waals surface area (Å²) in [5.74, 6) is -0.485. The van der Waals surface area contributed by atoms with Crippen molar-refractivity contribution in [2.45, 2.75) is 6.10 Å². The average Bonchev–Trinajstić information content (AvgIpc) is 1.99. The standard InChI is InChI=1S/C7H10O3/c1-3-6(8)4-5-7(9)10-2/h3-6,8H,1H2,2H3/b5-4+/t6-/m0/s1. The molecule has 0 aromatic heterocycles.